The highest BCUT2D eigenvalue weighted by Gasteiger charge is 2.33. The molecule has 0 spiro atoms. The Labute approximate surface area is 98.6 Å². The highest BCUT2D eigenvalue weighted by Crippen LogP contribution is 2.34. The normalized spacial score (nSPS) is 12.8. The van der Waals surface area contributed by atoms with Gasteiger partial charge < -0.3 is 10.5 Å². The van der Waals surface area contributed by atoms with E-state index in [0.29, 0.717) is 0 Å². The van der Waals surface area contributed by atoms with E-state index >= 15 is 0 Å². The van der Waals surface area contributed by atoms with Crippen LogP contribution in [-0.2, 0) is 17.5 Å². The van der Waals surface area contributed by atoms with Crippen molar-refractivity contribution in [3.05, 3.63) is 29.3 Å². The molecule has 0 saturated carbocycles. The van der Waals surface area contributed by atoms with Gasteiger partial charge in [-0.15, -0.1) is 0 Å². The van der Waals surface area contributed by atoms with E-state index < -0.39 is 17.3 Å². The zero-order valence-corrected chi connectivity index (χ0v) is 10.1. The van der Waals surface area contributed by atoms with Crippen molar-refractivity contribution in [2.24, 2.45) is 0 Å². The Morgan fingerprint density at radius 1 is 1.18 bits per heavy atom. The Morgan fingerprint density at radius 2 is 1.76 bits per heavy atom. The summed E-state index contributed by atoms with van der Waals surface area (Å²) in [5.41, 5.74) is 4.34. The Morgan fingerprint density at radius 3 is 2.24 bits per heavy atom. The molecule has 0 unspecified atom stereocenters. The number of nitrogens with two attached hydrogens (primary N) is 1. The first-order valence-electron chi connectivity index (χ1n) is 5.19. The van der Waals surface area contributed by atoms with E-state index in [1.807, 2.05) is 0 Å². The van der Waals surface area contributed by atoms with E-state index in [9.17, 15) is 13.2 Å². The minimum Gasteiger partial charge on any atom is -0.399 e. The van der Waals surface area contributed by atoms with Crippen molar-refractivity contribution in [1.82, 2.24) is 0 Å². The lowest BCUT2D eigenvalue weighted by Gasteiger charge is -2.21. The van der Waals surface area contributed by atoms with Crippen LogP contribution < -0.4 is 5.73 Å². The molecule has 0 bridgehead atoms. The third-order valence-electron chi connectivity index (χ3n) is 2.10. The fourth-order valence-corrected chi connectivity index (χ4v) is 1.28. The second-order valence-corrected chi connectivity index (χ2v) is 4.82. The van der Waals surface area contributed by atoms with Crippen LogP contribution in [0.25, 0.3) is 0 Å². The fraction of sp³-hybridized carbons (Fsp3) is 0.500. The summed E-state index contributed by atoms with van der Waals surface area (Å²) in [6.07, 6.45) is -4.41. The minimum atomic E-state index is -4.41. The van der Waals surface area contributed by atoms with E-state index in [1.54, 1.807) is 20.8 Å². The molecular weight excluding hydrogens is 231 g/mol. The highest BCUT2D eigenvalue weighted by atomic mass is 19.4. The molecule has 0 saturated heterocycles. The Bertz CT molecular complexity index is 394. The summed E-state index contributed by atoms with van der Waals surface area (Å²) in [6.45, 7) is 5.28. The topological polar surface area (TPSA) is 35.2 Å². The van der Waals surface area contributed by atoms with Crippen LogP contribution in [0, 0.1) is 0 Å². The molecule has 0 amide bonds. The molecule has 0 aliphatic rings. The Balaban J connectivity index is 2.99. The first kappa shape index (κ1) is 13.8. The van der Waals surface area contributed by atoms with Crippen molar-refractivity contribution >= 4 is 5.69 Å². The standard InChI is InChI=1S/C12H16F3NO/c1-11(2,3)17-7-8-4-5-9(16)6-10(8)12(13,14)15/h4-6H,7,16H2,1-3H3. The summed E-state index contributed by atoms with van der Waals surface area (Å²) in [4.78, 5) is 0. The summed E-state index contributed by atoms with van der Waals surface area (Å²) >= 11 is 0. The van der Waals surface area contributed by atoms with Gasteiger partial charge in [-0.05, 0) is 38.5 Å². The average molecular weight is 247 g/mol. The van der Waals surface area contributed by atoms with Gasteiger partial charge in [0.15, 0.2) is 0 Å². The molecule has 0 radical (unpaired) electrons. The van der Waals surface area contributed by atoms with Crippen molar-refractivity contribution in [3.8, 4) is 0 Å². The van der Waals surface area contributed by atoms with Gasteiger partial charge in [0.1, 0.15) is 0 Å². The van der Waals surface area contributed by atoms with Crippen LogP contribution in [0.3, 0.4) is 0 Å². The second-order valence-electron chi connectivity index (χ2n) is 4.82. The molecule has 0 fully saturated rings. The van der Waals surface area contributed by atoms with Crippen LogP contribution in [0.4, 0.5) is 18.9 Å². The number of rotatable bonds is 2. The number of ether oxygens (including phenoxy) is 1. The maximum Gasteiger partial charge on any atom is 0.416 e. The average Bonchev–Trinajstić information content (AvgIpc) is 2.13. The zero-order valence-electron chi connectivity index (χ0n) is 10.1. The van der Waals surface area contributed by atoms with E-state index in [4.69, 9.17) is 10.5 Å². The minimum absolute atomic E-state index is 0.0847. The van der Waals surface area contributed by atoms with Crippen molar-refractivity contribution < 1.29 is 17.9 Å². The first-order valence-corrected chi connectivity index (χ1v) is 5.19. The molecule has 1 aromatic rings. The van der Waals surface area contributed by atoms with E-state index in [0.717, 1.165) is 6.07 Å². The van der Waals surface area contributed by atoms with Crippen molar-refractivity contribution in [2.45, 2.75) is 39.2 Å². The molecule has 0 atom stereocenters. The van der Waals surface area contributed by atoms with Gasteiger partial charge in [-0.2, -0.15) is 13.2 Å². The van der Waals surface area contributed by atoms with Crippen molar-refractivity contribution in [2.75, 3.05) is 5.73 Å². The van der Waals surface area contributed by atoms with Gasteiger partial charge in [-0.3, -0.25) is 0 Å². The summed E-state index contributed by atoms with van der Waals surface area (Å²) in [6, 6.07) is 3.72. The number of nitrogen functional groups attached to an aromatic ring is 1. The van der Waals surface area contributed by atoms with E-state index in [-0.39, 0.29) is 17.9 Å². The van der Waals surface area contributed by atoms with Gasteiger partial charge in [0.25, 0.3) is 0 Å². The maximum atomic E-state index is 12.7. The predicted molar refractivity (Wildman–Crippen MR) is 60.4 cm³/mol. The molecule has 0 aromatic heterocycles. The second kappa shape index (κ2) is 4.56. The third-order valence-corrected chi connectivity index (χ3v) is 2.10. The van der Waals surface area contributed by atoms with Gasteiger partial charge in [0.05, 0.1) is 17.8 Å². The lowest BCUT2D eigenvalue weighted by molar-refractivity contribution is -0.139. The molecule has 2 nitrogen and oxygen atoms in total. The zero-order chi connectivity index (χ0) is 13.3. The lowest BCUT2D eigenvalue weighted by atomic mass is 10.1. The van der Waals surface area contributed by atoms with Gasteiger partial charge >= 0.3 is 6.18 Å². The smallest absolute Gasteiger partial charge is 0.399 e. The number of alkyl halides is 3. The van der Waals surface area contributed by atoms with Gasteiger partial charge in [0.2, 0.25) is 0 Å². The SMILES string of the molecule is CC(C)(C)OCc1ccc(N)cc1C(F)(F)F. The molecule has 0 heterocycles. The molecular formula is C12H16F3NO. The molecule has 0 aliphatic heterocycles. The molecule has 1 rings (SSSR count). The third kappa shape index (κ3) is 4.26. The van der Waals surface area contributed by atoms with Gasteiger partial charge in [-0.25, -0.2) is 0 Å². The molecule has 96 valence electrons. The Hall–Kier alpha value is -1.23. The van der Waals surface area contributed by atoms with Crippen LogP contribution in [-0.4, -0.2) is 5.60 Å². The number of anilines is 1. The first-order chi connectivity index (χ1) is 7.59. The number of benzene rings is 1. The predicted octanol–water partition coefficient (Wildman–Crippen LogP) is 3.60. The summed E-state index contributed by atoms with van der Waals surface area (Å²) in [5, 5.41) is 0. The number of hydrogen-bond acceptors (Lipinski definition) is 2. The van der Waals surface area contributed by atoms with Crippen LogP contribution in [0.1, 0.15) is 31.9 Å². The maximum absolute atomic E-state index is 12.7. The summed E-state index contributed by atoms with van der Waals surface area (Å²) in [7, 11) is 0. The number of halogens is 3. The van der Waals surface area contributed by atoms with Gasteiger partial charge in [-0.1, -0.05) is 6.07 Å². The summed E-state index contributed by atoms with van der Waals surface area (Å²) in [5.74, 6) is 0. The fourth-order valence-electron chi connectivity index (χ4n) is 1.28. The molecule has 17 heavy (non-hydrogen) atoms. The van der Waals surface area contributed by atoms with Crippen molar-refractivity contribution in [1.29, 1.82) is 0 Å². The van der Waals surface area contributed by atoms with Crippen LogP contribution >= 0.6 is 0 Å². The molecule has 2 N–H and O–H groups in total. The van der Waals surface area contributed by atoms with E-state index in [1.165, 1.54) is 12.1 Å². The summed E-state index contributed by atoms with van der Waals surface area (Å²) < 4.78 is 43.6. The number of hydrogen-bond donors (Lipinski definition) is 1. The highest BCUT2D eigenvalue weighted by molar-refractivity contribution is 5.45. The molecule has 1 aromatic carbocycles. The van der Waals surface area contributed by atoms with Gasteiger partial charge in [0, 0.05) is 5.69 Å². The van der Waals surface area contributed by atoms with E-state index in [2.05, 4.69) is 0 Å². The monoisotopic (exact) mass is 247 g/mol. The molecule has 5 heteroatoms. The van der Waals surface area contributed by atoms with Crippen molar-refractivity contribution in [3.63, 3.8) is 0 Å². The van der Waals surface area contributed by atoms with Crippen LogP contribution in [0.2, 0.25) is 0 Å². The van der Waals surface area contributed by atoms with Crippen LogP contribution in [0.5, 0.6) is 0 Å². The lowest BCUT2D eigenvalue weighted by Crippen LogP contribution is -2.20. The molecule has 0 aliphatic carbocycles. The Kier molecular flexibility index (Phi) is 3.71. The quantitative estimate of drug-likeness (QED) is 0.810. The van der Waals surface area contributed by atoms with Crippen LogP contribution in [0.15, 0.2) is 18.2 Å². The largest absolute Gasteiger partial charge is 0.416 e.